The number of carboxylic acid groups (broad SMARTS) is 1. The predicted octanol–water partition coefficient (Wildman–Crippen LogP) is 2.92. The third-order valence-electron chi connectivity index (χ3n) is 5.71. The summed E-state index contributed by atoms with van der Waals surface area (Å²) in [6.45, 7) is 15.9. The van der Waals surface area contributed by atoms with Gasteiger partial charge < -0.3 is 28.8 Å². The minimum absolute atomic E-state index is 0.138. The summed E-state index contributed by atoms with van der Waals surface area (Å²) >= 11 is 0. The van der Waals surface area contributed by atoms with Crippen LogP contribution in [0.15, 0.2) is 12.5 Å². The van der Waals surface area contributed by atoms with Crippen LogP contribution in [-0.2, 0) is 20.6 Å². The van der Waals surface area contributed by atoms with Gasteiger partial charge in [0.1, 0.15) is 17.6 Å². The highest BCUT2D eigenvalue weighted by Gasteiger charge is 2.53. The largest absolute Gasteiger partial charge is 0.497 e. The lowest BCUT2D eigenvalue weighted by atomic mass is 9.79. The minimum Gasteiger partial charge on any atom is -0.464 e. The molecule has 0 aromatic carbocycles. The van der Waals surface area contributed by atoms with Crippen LogP contribution in [-0.4, -0.2) is 66.5 Å². The standard InChI is InChI=1S/C22H33BN4O7/c1-19(2,3)32-18(30)27(17(28)29)16-14-13(23-33-21(6,7)22(8,9)34-23)10-26(11-20(4,5)31)15(14)24-12-25-16/h10,12,31H,11H2,1-9H3,(H,28,29). The first-order chi connectivity index (χ1) is 15.3. The Morgan fingerprint density at radius 1 is 1.12 bits per heavy atom. The van der Waals surface area contributed by atoms with Crippen molar-refractivity contribution in [3.8, 4) is 0 Å². The van der Waals surface area contributed by atoms with Crippen LogP contribution < -0.4 is 10.4 Å². The number of aromatic nitrogens is 3. The number of hydrogen-bond acceptors (Lipinski definition) is 8. The van der Waals surface area contributed by atoms with Gasteiger partial charge in [-0.1, -0.05) is 0 Å². The molecule has 0 bridgehead atoms. The number of imide groups is 1. The summed E-state index contributed by atoms with van der Waals surface area (Å²) in [7, 11) is -0.894. The zero-order valence-corrected chi connectivity index (χ0v) is 21.2. The number of amides is 2. The number of carbonyl (C=O) groups is 2. The summed E-state index contributed by atoms with van der Waals surface area (Å²) in [5, 5.41) is 20.6. The summed E-state index contributed by atoms with van der Waals surface area (Å²) in [5.74, 6) is -0.189. The lowest BCUT2D eigenvalue weighted by molar-refractivity contribution is 0.00578. The van der Waals surface area contributed by atoms with Crippen molar-refractivity contribution in [2.45, 2.75) is 91.3 Å². The van der Waals surface area contributed by atoms with E-state index in [0.29, 0.717) is 16.0 Å². The second-order valence-corrected chi connectivity index (χ2v) is 11.1. The van der Waals surface area contributed by atoms with E-state index in [2.05, 4.69) is 9.97 Å². The number of nitrogens with zero attached hydrogens (tertiary/aromatic N) is 4. The molecule has 186 valence electrons. The van der Waals surface area contributed by atoms with E-state index in [9.17, 15) is 19.8 Å². The molecule has 3 heterocycles. The first-order valence-electron chi connectivity index (χ1n) is 11.0. The quantitative estimate of drug-likeness (QED) is 0.639. The number of hydrogen-bond donors (Lipinski definition) is 2. The van der Waals surface area contributed by atoms with Gasteiger partial charge in [0, 0.05) is 11.7 Å². The summed E-state index contributed by atoms with van der Waals surface area (Å²) in [6.07, 6.45) is 0.171. The zero-order valence-electron chi connectivity index (χ0n) is 21.2. The van der Waals surface area contributed by atoms with Crippen LogP contribution in [0.3, 0.4) is 0 Å². The molecule has 0 aliphatic carbocycles. The molecule has 2 aromatic rings. The molecule has 0 spiro atoms. The summed E-state index contributed by atoms with van der Waals surface area (Å²) < 4.78 is 19.4. The number of carbonyl (C=O) groups excluding carboxylic acids is 1. The SMILES string of the molecule is CC(C)(O)Cn1cc(B2OC(C)(C)C(C)(C)O2)c2c(N(C(=O)O)C(=O)OC(C)(C)C)ncnc21. The maximum absolute atomic E-state index is 12.9. The van der Waals surface area contributed by atoms with Crippen LogP contribution in [0.25, 0.3) is 11.0 Å². The Balaban J connectivity index is 2.26. The van der Waals surface area contributed by atoms with Gasteiger partial charge in [0.2, 0.25) is 0 Å². The average molecular weight is 476 g/mol. The van der Waals surface area contributed by atoms with Crippen LogP contribution in [0.2, 0.25) is 0 Å². The lowest BCUT2D eigenvalue weighted by Crippen LogP contribution is -2.42. The Morgan fingerprint density at radius 3 is 2.15 bits per heavy atom. The Kier molecular flexibility index (Phi) is 6.26. The molecule has 0 saturated carbocycles. The van der Waals surface area contributed by atoms with Gasteiger partial charge >= 0.3 is 19.3 Å². The van der Waals surface area contributed by atoms with Gasteiger partial charge in [0.25, 0.3) is 0 Å². The highest BCUT2D eigenvalue weighted by atomic mass is 16.7. The highest BCUT2D eigenvalue weighted by molar-refractivity contribution is 6.65. The zero-order chi connectivity index (χ0) is 25.9. The molecule has 1 aliphatic rings. The van der Waals surface area contributed by atoms with E-state index in [-0.39, 0.29) is 17.7 Å². The second kappa shape index (κ2) is 8.21. The average Bonchev–Trinajstić information content (AvgIpc) is 3.06. The van der Waals surface area contributed by atoms with Gasteiger partial charge in [0.05, 0.1) is 28.7 Å². The van der Waals surface area contributed by atoms with Crippen molar-refractivity contribution in [1.82, 2.24) is 14.5 Å². The monoisotopic (exact) mass is 476 g/mol. The maximum atomic E-state index is 12.9. The molecular weight excluding hydrogens is 443 g/mol. The summed E-state index contributed by atoms with van der Waals surface area (Å²) in [5.41, 5.74) is -2.64. The molecule has 1 aliphatic heterocycles. The maximum Gasteiger partial charge on any atom is 0.497 e. The lowest BCUT2D eigenvalue weighted by Gasteiger charge is -2.32. The van der Waals surface area contributed by atoms with Gasteiger partial charge in [-0.2, -0.15) is 4.90 Å². The molecule has 2 N–H and O–H groups in total. The van der Waals surface area contributed by atoms with E-state index in [1.165, 1.54) is 0 Å². The Bertz CT molecular complexity index is 1100. The van der Waals surface area contributed by atoms with Gasteiger partial charge in [-0.05, 0) is 62.3 Å². The number of anilines is 1. The number of ether oxygens (including phenoxy) is 1. The fraction of sp³-hybridized carbons (Fsp3) is 0.636. The fourth-order valence-corrected chi connectivity index (χ4v) is 3.56. The third-order valence-corrected chi connectivity index (χ3v) is 5.71. The Hall–Kier alpha value is -2.70. The van der Waals surface area contributed by atoms with Crippen LogP contribution in [0.1, 0.15) is 62.3 Å². The molecule has 0 radical (unpaired) electrons. The van der Waals surface area contributed by atoms with E-state index < -0.39 is 41.7 Å². The number of aliphatic hydroxyl groups is 1. The number of fused-ring (bicyclic) bond motifs is 1. The molecular formula is C22H33BN4O7. The van der Waals surface area contributed by atoms with Gasteiger partial charge in [-0.3, -0.25) is 0 Å². The van der Waals surface area contributed by atoms with Crippen molar-refractivity contribution in [3.63, 3.8) is 0 Å². The van der Waals surface area contributed by atoms with E-state index in [4.69, 9.17) is 14.0 Å². The molecule has 2 amide bonds. The van der Waals surface area contributed by atoms with Gasteiger partial charge in [0.15, 0.2) is 5.82 Å². The fourth-order valence-electron chi connectivity index (χ4n) is 3.56. The van der Waals surface area contributed by atoms with Crippen molar-refractivity contribution in [2.75, 3.05) is 4.90 Å². The van der Waals surface area contributed by atoms with Crippen LogP contribution in [0.5, 0.6) is 0 Å². The molecule has 3 rings (SSSR count). The third kappa shape index (κ3) is 5.03. The molecule has 11 nitrogen and oxygen atoms in total. The first-order valence-corrected chi connectivity index (χ1v) is 11.0. The van der Waals surface area contributed by atoms with E-state index >= 15 is 0 Å². The van der Waals surface area contributed by atoms with Crippen LogP contribution in [0, 0.1) is 0 Å². The van der Waals surface area contributed by atoms with Crippen molar-refractivity contribution >= 4 is 41.6 Å². The van der Waals surface area contributed by atoms with Crippen molar-refractivity contribution in [1.29, 1.82) is 0 Å². The smallest absolute Gasteiger partial charge is 0.464 e. The molecule has 0 unspecified atom stereocenters. The van der Waals surface area contributed by atoms with Gasteiger partial charge in [-0.15, -0.1) is 0 Å². The van der Waals surface area contributed by atoms with Crippen molar-refractivity contribution < 1.29 is 33.8 Å². The normalized spacial score (nSPS) is 17.8. The topological polar surface area (TPSA) is 136 Å². The molecule has 1 saturated heterocycles. The number of rotatable bonds is 4. The molecule has 12 heteroatoms. The Morgan fingerprint density at radius 2 is 1.68 bits per heavy atom. The van der Waals surface area contributed by atoms with Crippen molar-refractivity contribution in [3.05, 3.63) is 12.5 Å². The first kappa shape index (κ1) is 25.9. The van der Waals surface area contributed by atoms with Gasteiger partial charge in [-0.25, -0.2) is 19.6 Å². The van der Waals surface area contributed by atoms with E-state index in [1.54, 1.807) is 45.4 Å². The van der Waals surface area contributed by atoms with Crippen molar-refractivity contribution in [2.24, 2.45) is 0 Å². The minimum atomic E-state index is -1.57. The molecule has 34 heavy (non-hydrogen) atoms. The van der Waals surface area contributed by atoms with E-state index in [0.717, 1.165) is 6.33 Å². The predicted molar refractivity (Wildman–Crippen MR) is 126 cm³/mol. The second-order valence-electron chi connectivity index (χ2n) is 11.1. The molecule has 2 aromatic heterocycles. The van der Waals surface area contributed by atoms with E-state index in [1.807, 2.05) is 27.7 Å². The van der Waals surface area contributed by atoms with Crippen LogP contribution >= 0.6 is 0 Å². The molecule has 1 fully saturated rings. The molecule has 0 atom stereocenters. The Labute approximate surface area is 199 Å². The summed E-state index contributed by atoms with van der Waals surface area (Å²) in [6, 6.07) is 0. The van der Waals surface area contributed by atoms with Crippen LogP contribution in [0.4, 0.5) is 15.4 Å². The highest BCUT2D eigenvalue weighted by Crippen LogP contribution is 2.38. The summed E-state index contributed by atoms with van der Waals surface area (Å²) in [4.78, 5) is 34.0.